The van der Waals surface area contributed by atoms with E-state index in [1.54, 1.807) is 29.5 Å². The maximum absolute atomic E-state index is 13.2. The van der Waals surface area contributed by atoms with Gasteiger partial charge in [-0.05, 0) is 50.7 Å². The van der Waals surface area contributed by atoms with Crippen molar-refractivity contribution in [3.05, 3.63) is 71.4 Å². The quantitative estimate of drug-likeness (QED) is 0.553. The van der Waals surface area contributed by atoms with E-state index in [1.807, 2.05) is 44.2 Å². The summed E-state index contributed by atoms with van der Waals surface area (Å²) >= 11 is 1.29. The molecule has 0 unspecified atom stereocenters. The van der Waals surface area contributed by atoms with Gasteiger partial charge in [-0.2, -0.15) is 0 Å². The number of anilines is 1. The van der Waals surface area contributed by atoms with Crippen molar-refractivity contribution in [3.63, 3.8) is 0 Å². The molecule has 0 radical (unpaired) electrons. The van der Waals surface area contributed by atoms with Crippen molar-refractivity contribution in [1.82, 2.24) is 15.2 Å². The van der Waals surface area contributed by atoms with E-state index in [2.05, 4.69) is 15.6 Å². The highest BCUT2D eigenvalue weighted by Gasteiger charge is 2.27. The highest BCUT2D eigenvalue weighted by molar-refractivity contribution is 7.14. The fourth-order valence-corrected chi connectivity index (χ4v) is 3.91. The van der Waals surface area contributed by atoms with Crippen LogP contribution in [0.25, 0.3) is 11.3 Å². The van der Waals surface area contributed by atoms with Crippen LogP contribution in [0.15, 0.2) is 60.0 Å². The number of nitrogens with one attached hydrogen (secondary N) is 2. The summed E-state index contributed by atoms with van der Waals surface area (Å²) in [5.41, 5.74) is 2.19. The van der Waals surface area contributed by atoms with E-state index >= 15 is 0 Å². The third-order valence-corrected chi connectivity index (χ3v) is 5.28. The molecule has 8 heteroatoms. The number of hydrogen-bond donors (Lipinski definition) is 2. The summed E-state index contributed by atoms with van der Waals surface area (Å²) in [6, 6.07) is 14.7. The zero-order chi connectivity index (χ0) is 22.4. The fourth-order valence-electron chi connectivity index (χ4n) is 3.18. The van der Waals surface area contributed by atoms with Crippen LogP contribution in [0, 0.1) is 5.82 Å². The first-order chi connectivity index (χ1) is 14.8. The Hall–Kier alpha value is -3.10. The Balaban J connectivity index is 1.77. The van der Waals surface area contributed by atoms with Gasteiger partial charge in [0, 0.05) is 17.0 Å². The largest absolute Gasteiger partial charge is 0.353 e. The summed E-state index contributed by atoms with van der Waals surface area (Å²) < 4.78 is 13.2. The zero-order valence-electron chi connectivity index (χ0n) is 17.6. The Kier molecular flexibility index (Phi) is 7.49. The van der Waals surface area contributed by atoms with E-state index in [0.717, 1.165) is 11.1 Å². The van der Waals surface area contributed by atoms with Crippen molar-refractivity contribution < 1.29 is 14.0 Å². The second-order valence-electron chi connectivity index (χ2n) is 7.48. The molecular weight excluding hydrogens is 415 g/mol. The SMILES string of the molecule is CC(C)NC(=O)CN(C)[C@H](C(=O)Nc1nc(-c2ccc(F)cc2)cs1)c1ccccc1. The summed E-state index contributed by atoms with van der Waals surface area (Å²) in [6.45, 7) is 3.85. The third-order valence-electron chi connectivity index (χ3n) is 4.52. The van der Waals surface area contributed by atoms with Gasteiger partial charge in [0.1, 0.15) is 11.9 Å². The molecule has 0 saturated heterocycles. The van der Waals surface area contributed by atoms with E-state index in [9.17, 15) is 14.0 Å². The first kappa shape index (κ1) is 22.6. The van der Waals surface area contributed by atoms with E-state index in [0.29, 0.717) is 10.8 Å². The smallest absolute Gasteiger partial charge is 0.248 e. The van der Waals surface area contributed by atoms with Crippen LogP contribution < -0.4 is 10.6 Å². The number of halogens is 1. The van der Waals surface area contributed by atoms with Gasteiger partial charge in [-0.15, -0.1) is 11.3 Å². The number of carbonyl (C=O) groups excluding carboxylic acids is 2. The molecule has 3 aromatic rings. The number of hydrogen-bond acceptors (Lipinski definition) is 5. The van der Waals surface area contributed by atoms with E-state index in [-0.39, 0.29) is 30.2 Å². The molecule has 1 atom stereocenters. The van der Waals surface area contributed by atoms with Gasteiger partial charge in [-0.3, -0.25) is 14.5 Å². The van der Waals surface area contributed by atoms with Crippen LogP contribution in [-0.2, 0) is 9.59 Å². The molecule has 0 bridgehead atoms. The third kappa shape index (κ3) is 6.19. The first-order valence-electron chi connectivity index (χ1n) is 9.90. The highest BCUT2D eigenvalue weighted by Crippen LogP contribution is 2.27. The molecule has 0 fully saturated rings. The average Bonchev–Trinajstić information content (AvgIpc) is 3.17. The molecule has 1 heterocycles. The minimum absolute atomic E-state index is 0.0186. The van der Waals surface area contributed by atoms with Gasteiger partial charge in [-0.25, -0.2) is 9.37 Å². The summed E-state index contributed by atoms with van der Waals surface area (Å²) in [6.07, 6.45) is 0. The topological polar surface area (TPSA) is 74.3 Å². The van der Waals surface area contributed by atoms with Crippen LogP contribution in [0.1, 0.15) is 25.5 Å². The van der Waals surface area contributed by atoms with Crippen molar-refractivity contribution in [3.8, 4) is 11.3 Å². The Labute approximate surface area is 185 Å². The standard InChI is InChI=1S/C23H25FN4O2S/c1-15(2)25-20(29)13-28(3)21(17-7-5-4-6-8-17)22(30)27-23-26-19(14-31-23)16-9-11-18(24)12-10-16/h4-12,14-15,21H,13H2,1-3H3,(H,25,29)(H,26,27,30)/t21-/m0/s1. The second-order valence-corrected chi connectivity index (χ2v) is 8.34. The van der Waals surface area contributed by atoms with E-state index in [1.165, 1.54) is 23.5 Å². The van der Waals surface area contributed by atoms with Gasteiger partial charge in [0.15, 0.2) is 5.13 Å². The Morgan fingerprint density at radius 2 is 1.77 bits per heavy atom. The van der Waals surface area contributed by atoms with Crippen LogP contribution in [0.5, 0.6) is 0 Å². The number of nitrogens with zero attached hydrogens (tertiary/aromatic N) is 2. The lowest BCUT2D eigenvalue weighted by Gasteiger charge is -2.27. The first-order valence-corrected chi connectivity index (χ1v) is 10.8. The number of likely N-dealkylation sites (N-methyl/N-ethyl adjacent to an activating group) is 1. The molecule has 0 aliphatic heterocycles. The Bertz CT molecular complexity index is 1020. The molecule has 31 heavy (non-hydrogen) atoms. The maximum atomic E-state index is 13.2. The van der Waals surface area contributed by atoms with Crippen LogP contribution in [0.4, 0.5) is 9.52 Å². The molecule has 2 N–H and O–H groups in total. The second kappa shape index (κ2) is 10.3. The molecule has 0 saturated carbocycles. The Morgan fingerprint density at radius 3 is 2.42 bits per heavy atom. The van der Waals surface area contributed by atoms with Gasteiger partial charge >= 0.3 is 0 Å². The number of aromatic nitrogens is 1. The van der Waals surface area contributed by atoms with Crippen LogP contribution >= 0.6 is 11.3 Å². The lowest BCUT2D eigenvalue weighted by atomic mass is 10.0. The van der Waals surface area contributed by atoms with Gasteiger partial charge in [-0.1, -0.05) is 30.3 Å². The van der Waals surface area contributed by atoms with Crippen molar-refractivity contribution in [2.24, 2.45) is 0 Å². The summed E-state index contributed by atoms with van der Waals surface area (Å²) in [5, 5.41) is 7.94. The van der Waals surface area contributed by atoms with Crippen molar-refractivity contribution in [2.75, 3.05) is 18.9 Å². The maximum Gasteiger partial charge on any atom is 0.248 e. The molecule has 0 spiro atoms. The molecule has 3 rings (SSSR count). The predicted molar refractivity (Wildman–Crippen MR) is 121 cm³/mol. The van der Waals surface area contributed by atoms with Gasteiger partial charge < -0.3 is 10.6 Å². The molecule has 0 aliphatic carbocycles. The molecule has 6 nitrogen and oxygen atoms in total. The number of amides is 2. The molecule has 1 aromatic heterocycles. The zero-order valence-corrected chi connectivity index (χ0v) is 18.4. The van der Waals surface area contributed by atoms with Gasteiger partial charge in [0.05, 0.1) is 12.2 Å². The molecular formula is C23H25FN4O2S. The van der Waals surface area contributed by atoms with E-state index in [4.69, 9.17) is 0 Å². The van der Waals surface area contributed by atoms with Crippen molar-refractivity contribution in [2.45, 2.75) is 25.9 Å². The van der Waals surface area contributed by atoms with Crippen LogP contribution in [0.3, 0.4) is 0 Å². The molecule has 0 aliphatic rings. The summed E-state index contributed by atoms with van der Waals surface area (Å²) in [5.74, 6) is -0.757. The van der Waals surface area contributed by atoms with Crippen molar-refractivity contribution in [1.29, 1.82) is 0 Å². The monoisotopic (exact) mass is 440 g/mol. The number of carbonyl (C=O) groups is 2. The number of rotatable bonds is 8. The van der Waals surface area contributed by atoms with Crippen LogP contribution in [0.2, 0.25) is 0 Å². The highest BCUT2D eigenvalue weighted by atomic mass is 32.1. The molecule has 2 amide bonds. The minimum atomic E-state index is -0.669. The van der Waals surface area contributed by atoms with Crippen LogP contribution in [-0.4, -0.2) is 41.3 Å². The molecule has 162 valence electrons. The normalized spacial score (nSPS) is 12.1. The summed E-state index contributed by atoms with van der Waals surface area (Å²) in [4.78, 5) is 31.6. The van der Waals surface area contributed by atoms with Crippen molar-refractivity contribution >= 4 is 28.3 Å². The average molecular weight is 441 g/mol. The molecule has 2 aromatic carbocycles. The fraction of sp³-hybridized carbons (Fsp3) is 0.261. The Morgan fingerprint density at radius 1 is 1.10 bits per heavy atom. The lowest BCUT2D eigenvalue weighted by molar-refractivity contribution is -0.125. The number of thiazole rings is 1. The summed E-state index contributed by atoms with van der Waals surface area (Å²) in [7, 11) is 1.74. The minimum Gasteiger partial charge on any atom is -0.353 e. The van der Waals surface area contributed by atoms with Gasteiger partial charge in [0.25, 0.3) is 0 Å². The van der Waals surface area contributed by atoms with Gasteiger partial charge in [0.2, 0.25) is 11.8 Å². The van der Waals surface area contributed by atoms with E-state index < -0.39 is 6.04 Å². The lowest BCUT2D eigenvalue weighted by Crippen LogP contribution is -2.43. The predicted octanol–water partition coefficient (Wildman–Crippen LogP) is 4.09. The number of benzene rings is 2.